The summed E-state index contributed by atoms with van der Waals surface area (Å²) < 4.78 is 6.30. The molecule has 0 unspecified atom stereocenters. The zero-order valence-electron chi connectivity index (χ0n) is 21.2. The summed E-state index contributed by atoms with van der Waals surface area (Å²) in [5, 5.41) is 1.20. The van der Waals surface area contributed by atoms with Gasteiger partial charge in [0, 0.05) is 24.7 Å². The first-order chi connectivity index (χ1) is 17.7. The van der Waals surface area contributed by atoms with E-state index in [1.807, 2.05) is 12.3 Å². The van der Waals surface area contributed by atoms with E-state index < -0.39 is 0 Å². The van der Waals surface area contributed by atoms with Crippen molar-refractivity contribution in [3.8, 4) is 5.75 Å². The lowest BCUT2D eigenvalue weighted by Gasteiger charge is -2.44. The minimum absolute atomic E-state index is 0.198. The quantitative estimate of drug-likeness (QED) is 0.475. The molecule has 188 valence electrons. The predicted molar refractivity (Wildman–Crippen MR) is 143 cm³/mol. The normalized spacial score (nSPS) is 22.9. The number of nitrogens with zero attached hydrogens (tertiary/aromatic N) is 3. The van der Waals surface area contributed by atoms with Gasteiger partial charge < -0.3 is 9.64 Å². The average Bonchev–Trinajstić information content (AvgIpc) is 3.39. The van der Waals surface area contributed by atoms with Crippen LogP contribution in [0.4, 0.5) is 0 Å². The monoisotopic (exact) mass is 483 g/mol. The first kappa shape index (κ1) is 23.5. The number of ether oxygens (including phenoxy) is 1. The molecule has 5 nitrogen and oxygen atoms in total. The first-order valence-corrected chi connectivity index (χ1v) is 13.8. The van der Waals surface area contributed by atoms with Gasteiger partial charge in [-0.05, 0) is 87.4 Å². The van der Waals surface area contributed by atoms with E-state index in [4.69, 9.17) is 4.74 Å². The molecule has 36 heavy (non-hydrogen) atoms. The van der Waals surface area contributed by atoms with Gasteiger partial charge in [-0.25, -0.2) is 0 Å². The van der Waals surface area contributed by atoms with E-state index >= 15 is 0 Å². The highest BCUT2D eigenvalue weighted by molar-refractivity contribution is 5.83. The molecule has 2 saturated heterocycles. The molecule has 1 atom stereocenters. The molecule has 0 radical (unpaired) electrons. The second kappa shape index (κ2) is 10.2. The number of fused-ring (bicyclic) bond motifs is 3. The van der Waals surface area contributed by atoms with Crippen molar-refractivity contribution in [2.24, 2.45) is 5.41 Å². The maximum absolute atomic E-state index is 14.1. The zero-order valence-corrected chi connectivity index (χ0v) is 21.2. The summed E-state index contributed by atoms with van der Waals surface area (Å²) in [6.45, 7) is 4.33. The minimum atomic E-state index is -0.223. The third-order valence-corrected chi connectivity index (χ3v) is 8.71. The van der Waals surface area contributed by atoms with Crippen LogP contribution in [0.25, 0.3) is 10.9 Å². The third-order valence-electron chi connectivity index (χ3n) is 8.71. The Labute approximate surface area is 214 Å². The van der Waals surface area contributed by atoms with Gasteiger partial charge in [0.25, 0.3) is 0 Å². The average molecular weight is 484 g/mol. The lowest BCUT2D eigenvalue weighted by atomic mass is 9.73. The second-order valence-corrected chi connectivity index (χ2v) is 11.0. The number of aryl methyl sites for hydroxylation is 1. The van der Waals surface area contributed by atoms with Gasteiger partial charge in [-0.15, -0.1) is 0 Å². The molecule has 3 aromatic rings. The van der Waals surface area contributed by atoms with Gasteiger partial charge in [-0.3, -0.25) is 14.7 Å². The lowest BCUT2D eigenvalue weighted by molar-refractivity contribution is -0.147. The number of carbonyl (C=O) groups excluding carboxylic acids is 1. The van der Waals surface area contributed by atoms with E-state index in [2.05, 4.69) is 63.3 Å². The predicted octanol–water partition coefficient (Wildman–Crippen LogP) is 5.61. The number of benzene rings is 2. The molecule has 5 heteroatoms. The summed E-state index contributed by atoms with van der Waals surface area (Å²) in [5.41, 5.74) is 3.38. The van der Waals surface area contributed by atoms with Crippen LogP contribution in [0.2, 0.25) is 0 Å². The van der Waals surface area contributed by atoms with Gasteiger partial charge in [-0.2, -0.15) is 0 Å². The number of rotatable bonds is 2. The molecule has 3 aliphatic rings. The fourth-order valence-electron chi connectivity index (χ4n) is 6.57. The van der Waals surface area contributed by atoms with Gasteiger partial charge in [0.05, 0.1) is 17.0 Å². The SMILES string of the molecule is O=C1N2CCC[C@@H]2COc2ccccc2CCCCC12CCN(Cc1cnc3ccccc3c1)CC2. The largest absolute Gasteiger partial charge is 0.491 e. The summed E-state index contributed by atoms with van der Waals surface area (Å²) in [6, 6.07) is 19.2. The van der Waals surface area contributed by atoms with E-state index in [0.29, 0.717) is 12.5 Å². The molecule has 1 spiro atoms. The summed E-state index contributed by atoms with van der Waals surface area (Å²) in [4.78, 5) is 23.5. The van der Waals surface area contributed by atoms with E-state index in [1.165, 1.54) is 16.5 Å². The second-order valence-electron chi connectivity index (χ2n) is 11.0. The number of carbonyl (C=O) groups is 1. The summed E-state index contributed by atoms with van der Waals surface area (Å²) in [7, 11) is 0. The van der Waals surface area contributed by atoms with Crippen LogP contribution in [0.5, 0.6) is 5.75 Å². The van der Waals surface area contributed by atoms with Gasteiger partial charge in [0.2, 0.25) is 5.91 Å². The topological polar surface area (TPSA) is 45.7 Å². The van der Waals surface area contributed by atoms with Crippen molar-refractivity contribution in [2.45, 2.75) is 64.0 Å². The van der Waals surface area contributed by atoms with E-state index in [1.54, 1.807) is 0 Å². The van der Waals surface area contributed by atoms with Crippen LogP contribution in [0, 0.1) is 5.41 Å². The van der Waals surface area contributed by atoms with Crippen molar-refractivity contribution in [2.75, 3.05) is 26.2 Å². The molecule has 2 aromatic carbocycles. The molecule has 0 aliphatic carbocycles. The fraction of sp³-hybridized carbons (Fsp3) is 0.484. The lowest BCUT2D eigenvalue weighted by Crippen LogP contribution is -2.52. The Kier molecular flexibility index (Phi) is 6.66. The van der Waals surface area contributed by atoms with Crippen LogP contribution in [-0.4, -0.2) is 53.0 Å². The van der Waals surface area contributed by atoms with Gasteiger partial charge in [0.1, 0.15) is 12.4 Å². The Morgan fingerprint density at radius 1 is 0.944 bits per heavy atom. The van der Waals surface area contributed by atoms with Crippen LogP contribution < -0.4 is 4.74 Å². The van der Waals surface area contributed by atoms with Gasteiger partial charge in [-0.1, -0.05) is 42.8 Å². The highest BCUT2D eigenvalue weighted by atomic mass is 16.5. The van der Waals surface area contributed by atoms with Crippen molar-refractivity contribution >= 4 is 16.8 Å². The number of piperidine rings is 1. The van der Waals surface area contributed by atoms with Gasteiger partial charge >= 0.3 is 0 Å². The molecule has 0 N–H and O–H groups in total. The maximum Gasteiger partial charge on any atom is 0.229 e. The van der Waals surface area contributed by atoms with Crippen molar-refractivity contribution in [1.82, 2.24) is 14.8 Å². The molecule has 3 aliphatic heterocycles. The van der Waals surface area contributed by atoms with Crippen molar-refractivity contribution in [3.63, 3.8) is 0 Å². The molecule has 1 aromatic heterocycles. The number of hydrogen-bond acceptors (Lipinski definition) is 4. The Morgan fingerprint density at radius 2 is 1.78 bits per heavy atom. The highest BCUT2D eigenvalue weighted by Crippen LogP contribution is 2.41. The first-order valence-electron chi connectivity index (χ1n) is 13.8. The third kappa shape index (κ3) is 4.73. The fourth-order valence-corrected chi connectivity index (χ4v) is 6.57. The van der Waals surface area contributed by atoms with E-state index in [-0.39, 0.29) is 11.5 Å². The van der Waals surface area contributed by atoms with Crippen LogP contribution in [-0.2, 0) is 17.8 Å². The molecule has 4 heterocycles. The Balaban J connectivity index is 1.17. The Morgan fingerprint density at radius 3 is 2.69 bits per heavy atom. The smallest absolute Gasteiger partial charge is 0.229 e. The number of pyridine rings is 1. The summed E-state index contributed by atoms with van der Waals surface area (Å²) in [5.74, 6) is 1.40. The molecule has 2 fully saturated rings. The van der Waals surface area contributed by atoms with Crippen LogP contribution in [0.3, 0.4) is 0 Å². The maximum atomic E-state index is 14.1. The molecular formula is C31H37N3O2. The summed E-state index contributed by atoms with van der Waals surface area (Å²) in [6.07, 6.45) is 10.3. The number of hydrogen-bond donors (Lipinski definition) is 0. The number of para-hydroxylation sites is 2. The number of likely N-dealkylation sites (tertiary alicyclic amines) is 1. The highest BCUT2D eigenvalue weighted by Gasteiger charge is 2.45. The molecule has 0 saturated carbocycles. The molecule has 6 rings (SSSR count). The minimum Gasteiger partial charge on any atom is -0.491 e. The van der Waals surface area contributed by atoms with E-state index in [9.17, 15) is 4.79 Å². The summed E-state index contributed by atoms with van der Waals surface area (Å²) >= 11 is 0. The van der Waals surface area contributed by atoms with Crippen LogP contribution in [0.1, 0.15) is 56.1 Å². The van der Waals surface area contributed by atoms with Gasteiger partial charge in [0.15, 0.2) is 0 Å². The Hall–Kier alpha value is -2.92. The zero-order chi connectivity index (χ0) is 24.4. The molecule has 1 amide bonds. The van der Waals surface area contributed by atoms with Crippen molar-refractivity contribution in [3.05, 3.63) is 71.9 Å². The number of amides is 1. The van der Waals surface area contributed by atoms with Crippen molar-refractivity contribution < 1.29 is 9.53 Å². The molecular weight excluding hydrogens is 446 g/mol. The van der Waals surface area contributed by atoms with Crippen LogP contribution in [0.15, 0.2) is 60.8 Å². The molecule has 0 bridgehead atoms. The van der Waals surface area contributed by atoms with Crippen molar-refractivity contribution in [1.29, 1.82) is 0 Å². The van der Waals surface area contributed by atoms with E-state index in [0.717, 1.165) is 88.8 Å². The number of aromatic nitrogens is 1. The Bertz CT molecular complexity index is 1220. The standard InChI is InChI=1S/C31H37N3O2/c35-30-31(15-18-33(19-16-31)22-24-20-26-10-1-3-12-28(26)32-21-24)14-6-5-9-25-8-2-4-13-29(25)36-23-27-11-7-17-34(27)30/h1-4,8,10,12-13,20-21,27H,5-7,9,11,14-19,22-23H2/t27-/m1/s1. The van der Waals surface area contributed by atoms with Crippen LogP contribution >= 0.6 is 0 Å².